The molecule has 3 rings (SSSR count). The van der Waals surface area contributed by atoms with Crippen LogP contribution in [0.1, 0.15) is 42.6 Å². The van der Waals surface area contributed by atoms with Gasteiger partial charge in [-0.05, 0) is 51.0 Å². The number of likely N-dealkylation sites (tertiary alicyclic amines) is 1. The van der Waals surface area contributed by atoms with Gasteiger partial charge in [-0.25, -0.2) is 0 Å². The lowest BCUT2D eigenvalue weighted by molar-refractivity contribution is -0.142. The van der Waals surface area contributed by atoms with Crippen molar-refractivity contribution in [2.24, 2.45) is 0 Å². The third kappa shape index (κ3) is 3.73. The molecule has 0 spiro atoms. The highest BCUT2D eigenvalue weighted by atomic mass is 16.2. The predicted octanol–water partition coefficient (Wildman–Crippen LogP) is 1.72. The van der Waals surface area contributed by atoms with Crippen molar-refractivity contribution in [2.45, 2.75) is 38.8 Å². The van der Waals surface area contributed by atoms with Gasteiger partial charge in [-0.1, -0.05) is 0 Å². The Morgan fingerprint density at radius 1 is 1.12 bits per heavy atom. The molecule has 2 aliphatic rings. The Balaban J connectivity index is 1.59. The standard InChI is InChI=1S/C20H26N4O2/c1-15(2)24-9-3-4-18(20(24)26)22-10-12-23(13-11-22)19(25)17-7-5-16(14-21)6-8-17/h5-8,15,18H,3-4,9-13H2,1-2H3/t18-/m0/s1. The number of carbonyl (C=O) groups is 2. The van der Waals surface area contributed by atoms with E-state index in [4.69, 9.17) is 5.26 Å². The van der Waals surface area contributed by atoms with Crippen molar-refractivity contribution in [1.82, 2.24) is 14.7 Å². The fourth-order valence-electron chi connectivity index (χ4n) is 3.84. The van der Waals surface area contributed by atoms with Gasteiger partial charge in [-0.2, -0.15) is 5.26 Å². The Kier molecular flexibility index (Phi) is 5.58. The van der Waals surface area contributed by atoms with Gasteiger partial charge in [0, 0.05) is 44.3 Å². The lowest BCUT2D eigenvalue weighted by Gasteiger charge is -2.43. The Hall–Kier alpha value is -2.39. The average molecular weight is 354 g/mol. The van der Waals surface area contributed by atoms with Crippen LogP contribution in [0.2, 0.25) is 0 Å². The number of rotatable bonds is 3. The largest absolute Gasteiger partial charge is 0.339 e. The third-order valence-corrected chi connectivity index (χ3v) is 5.37. The van der Waals surface area contributed by atoms with Crippen molar-refractivity contribution in [3.63, 3.8) is 0 Å². The van der Waals surface area contributed by atoms with Gasteiger partial charge in [0.05, 0.1) is 17.7 Å². The highest BCUT2D eigenvalue weighted by Crippen LogP contribution is 2.21. The third-order valence-electron chi connectivity index (χ3n) is 5.37. The van der Waals surface area contributed by atoms with E-state index < -0.39 is 0 Å². The topological polar surface area (TPSA) is 67.7 Å². The maximum Gasteiger partial charge on any atom is 0.253 e. The maximum absolute atomic E-state index is 12.7. The second kappa shape index (κ2) is 7.88. The number of nitrogens with zero attached hydrogens (tertiary/aromatic N) is 4. The molecule has 1 aromatic carbocycles. The van der Waals surface area contributed by atoms with Crippen molar-refractivity contribution in [2.75, 3.05) is 32.7 Å². The van der Waals surface area contributed by atoms with Crippen molar-refractivity contribution >= 4 is 11.8 Å². The van der Waals surface area contributed by atoms with Crippen LogP contribution in [-0.4, -0.2) is 71.3 Å². The molecule has 26 heavy (non-hydrogen) atoms. The van der Waals surface area contributed by atoms with Crippen LogP contribution in [0.3, 0.4) is 0 Å². The van der Waals surface area contributed by atoms with Gasteiger partial charge in [0.15, 0.2) is 0 Å². The van der Waals surface area contributed by atoms with Gasteiger partial charge >= 0.3 is 0 Å². The van der Waals surface area contributed by atoms with Crippen LogP contribution in [0.15, 0.2) is 24.3 Å². The lowest BCUT2D eigenvalue weighted by atomic mass is 10.0. The molecule has 1 aromatic rings. The first kappa shape index (κ1) is 18.4. The van der Waals surface area contributed by atoms with Crippen molar-refractivity contribution < 1.29 is 9.59 Å². The second-order valence-electron chi connectivity index (χ2n) is 7.30. The quantitative estimate of drug-likeness (QED) is 0.829. The molecule has 0 radical (unpaired) electrons. The monoisotopic (exact) mass is 354 g/mol. The van der Waals surface area contributed by atoms with E-state index in [1.165, 1.54) is 0 Å². The summed E-state index contributed by atoms with van der Waals surface area (Å²) in [7, 11) is 0. The summed E-state index contributed by atoms with van der Waals surface area (Å²) in [5, 5.41) is 8.86. The molecular weight excluding hydrogens is 328 g/mol. The van der Waals surface area contributed by atoms with Crippen LogP contribution < -0.4 is 0 Å². The molecule has 0 aromatic heterocycles. The summed E-state index contributed by atoms with van der Waals surface area (Å²) in [5.74, 6) is 0.228. The van der Waals surface area contributed by atoms with Gasteiger partial charge in [0.2, 0.25) is 5.91 Å². The lowest BCUT2D eigenvalue weighted by Crippen LogP contribution is -2.59. The minimum Gasteiger partial charge on any atom is -0.339 e. The smallest absolute Gasteiger partial charge is 0.253 e. The number of amides is 2. The minimum atomic E-state index is -0.0432. The summed E-state index contributed by atoms with van der Waals surface area (Å²) in [4.78, 5) is 31.4. The molecule has 2 fully saturated rings. The van der Waals surface area contributed by atoms with Crippen LogP contribution in [0, 0.1) is 11.3 Å². The number of benzene rings is 1. The van der Waals surface area contributed by atoms with E-state index in [1.54, 1.807) is 24.3 Å². The number of hydrogen-bond donors (Lipinski definition) is 0. The van der Waals surface area contributed by atoms with Crippen LogP contribution in [0.5, 0.6) is 0 Å². The summed E-state index contributed by atoms with van der Waals surface area (Å²) in [6, 6.07) is 9.02. The molecule has 2 heterocycles. The van der Waals surface area contributed by atoms with E-state index in [-0.39, 0.29) is 23.9 Å². The van der Waals surface area contributed by atoms with Crippen molar-refractivity contribution in [3.05, 3.63) is 35.4 Å². The fraction of sp³-hybridized carbons (Fsp3) is 0.550. The van der Waals surface area contributed by atoms with Gasteiger partial charge in [-0.15, -0.1) is 0 Å². The van der Waals surface area contributed by atoms with E-state index in [9.17, 15) is 9.59 Å². The molecule has 0 N–H and O–H groups in total. The van der Waals surface area contributed by atoms with Crippen molar-refractivity contribution in [3.8, 4) is 6.07 Å². The normalized spacial score (nSPS) is 21.8. The van der Waals surface area contributed by atoms with E-state index in [1.807, 2.05) is 9.80 Å². The highest BCUT2D eigenvalue weighted by Gasteiger charge is 2.36. The van der Waals surface area contributed by atoms with Gasteiger partial charge in [0.1, 0.15) is 0 Å². The zero-order valence-electron chi connectivity index (χ0n) is 15.5. The molecule has 0 bridgehead atoms. The molecule has 2 amide bonds. The molecule has 2 aliphatic heterocycles. The predicted molar refractivity (Wildman–Crippen MR) is 98.5 cm³/mol. The molecule has 6 nitrogen and oxygen atoms in total. The van der Waals surface area contributed by atoms with Crippen LogP contribution in [-0.2, 0) is 4.79 Å². The molecule has 2 saturated heterocycles. The number of hydrogen-bond acceptors (Lipinski definition) is 4. The Morgan fingerprint density at radius 2 is 1.77 bits per heavy atom. The summed E-state index contributed by atoms with van der Waals surface area (Å²) in [6.07, 6.45) is 1.95. The first-order valence-electron chi connectivity index (χ1n) is 9.35. The number of piperazine rings is 1. The molecule has 6 heteroatoms. The van der Waals surface area contributed by atoms with E-state index in [0.29, 0.717) is 24.2 Å². The fourth-order valence-corrected chi connectivity index (χ4v) is 3.84. The molecule has 138 valence electrons. The zero-order chi connectivity index (χ0) is 18.7. The van der Waals surface area contributed by atoms with E-state index in [2.05, 4.69) is 24.8 Å². The Bertz CT molecular complexity index is 700. The van der Waals surface area contributed by atoms with E-state index in [0.717, 1.165) is 32.5 Å². The van der Waals surface area contributed by atoms with Crippen LogP contribution in [0.4, 0.5) is 0 Å². The molecule has 0 unspecified atom stereocenters. The Morgan fingerprint density at radius 3 is 2.35 bits per heavy atom. The average Bonchev–Trinajstić information content (AvgIpc) is 2.67. The molecule has 1 atom stereocenters. The minimum absolute atomic E-state index is 0.00656. The number of nitriles is 1. The van der Waals surface area contributed by atoms with Gasteiger partial charge in [-0.3, -0.25) is 14.5 Å². The summed E-state index contributed by atoms with van der Waals surface area (Å²) in [6.45, 7) is 7.69. The van der Waals surface area contributed by atoms with Crippen molar-refractivity contribution in [1.29, 1.82) is 5.26 Å². The zero-order valence-corrected chi connectivity index (χ0v) is 15.5. The summed E-state index contributed by atoms with van der Waals surface area (Å²) < 4.78 is 0. The highest BCUT2D eigenvalue weighted by molar-refractivity contribution is 5.94. The second-order valence-corrected chi connectivity index (χ2v) is 7.30. The van der Waals surface area contributed by atoms with Crippen LogP contribution >= 0.6 is 0 Å². The van der Waals surface area contributed by atoms with Gasteiger partial charge in [0.25, 0.3) is 5.91 Å². The molecule has 0 aliphatic carbocycles. The summed E-state index contributed by atoms with van der Waals surface area (Å²) in [5.41, 5.74) is 1.16. The van der Waals surface area contributed by atoms with E-state index >= 15 is 0 Å². The Labute approximate surface area is 155 Å². The molecule has 0 saturated carbocycles. The first-order chi connectivity index (χ1) is 12.5. The van der Waals surface area contributed by atoms with Crippen LogP contribution in [0.25, 0.3) is 0 Å². The number of carbonyl (C=O) groups excluding carboxylic acids is 2. The summed E-state index contributed by atoms with van der Waals surface area (Å²) >= 11 is 0. The first-order valence-corrected chi connectivity index (χ1v) is 9.35. The van der Waals surface area contributed by atoms with Gasteiger partial charge < -0.3 is 9.80 Å². The maximum atomic E-state index is 12.7. The SMILES string of the molecule is CC(C)N1CCC[C@H](N2CCN(C(=O)c3ccc(C#N)cc3)CC2)C1=O. The molecular formula is C20H26N4O2. The number of piperidine rings is 1.